The van der Waals surface area contributed by atoms with Crippen LogP contribution in [0.25, 0.3) is 11.3 Å². The lowest BCUT2D eigenvalue weighted by atomic mass is 9.81. The molecular weight excluding hydrogens is 447 g/mol. The number of hydrogen-bond acceptors (Lipinski definition) is 8. The maximum atomic E-state index is 13.8. The number of morpholine rings is 1. The van der Waals surface area contributed by atoms with E-state index < -0.39 is 26.3 Å². The number of nitrogens with two attached hydrogens (primary N) is 1. The molecule has 0 radical (unpaired) electrons. The van der Waals surface area contributed by atoms with Crippen molar-refractivity contribution in [3.8, 4) is 11.3 Å². The molecule has 1 atom stereocenters. The first-order chi connectivity index (χ1) is 14.9. The van der Waals surface area contributed by atoms with Gasteiger partial charge in [-0.25, -0.2) is 23.4 Å². The molecule has 0 aromatic carbocycles. The Morgan fingerprint density at radius 2 is 1.97 bits per heavy atom. The normalized spacial score (nSPS) is 21.3. The number of aromatic nitrogens is 3. The van der Waals surface area contributed by atoms with Crippen molar-refractivity contribution in [2.24, 2.45) is 0 Å². The molecule has 3 heterocycles. The van der Waals surface area contributed by atoms with E-state index in [-0.39, 0.29) is 34.8 Å². The number of anilines is 2. The molecule has 32 heavy (non-hydrogen) atoms. The van der Waals surface area contributed by atoms with Crippen LogP contribution in [0.15, 0.2) is 18.3 Å². The van der Waals surface area contributed by atoms with E-state index in [1.807, 2.05) is 11.8 Å². The second kappa shape index (κ2) is 7.84. The van der Waals surface area contributed by atoms with Crippen molar-refractivity contribution in [2.45, 2.75) is 43.2 Å². The van der Waals surface area contributed by atoms with Gasteiger partial charge in [0.15, 0.2) is 9.84 Å². The van der Waals surface area contributed by atoms with Crippen LogP contribution in [0.2, 0.25) is 0 Å². The van der Waals surface area contributed by atoms with Crippen LogP contribution in [0, 0.1) is 0 Å². The molecule has 2 fully saturated rings. The molecule has 2 aromatic rings. The Kier molecular flexibility index (Phi) is 5.56. The van der Waals surface area contributed by atoms with Gasteiger partial charge in [0.2, 0.25) is 5.95 Å². The van der Waals surface area contributed by atoms with Crippen molar-refractivity contribution < 1.29 is 26.3 Å². The number of nitrogens with zero attached hydrogens (tertiary/aromatic N) is 4. The highest BCUT2D eigenvalue weighted by Crippen LogP contribution is 2.48. The first kappa shape index (κ1) is 22.7. The summed E-state index contributed by atoms with van der Waals surface area (Å²) in [5.74, 6) is -0.0999. The number of ether oxygens (including phenoxy) is 1. The van der Waals surface area contributed by atoms with Crippen LogP contribution >= 0.6 is 0 Å². The van der Waals surface area contributed by atoms with Gasteiger partial charge >= 0.3 is 6.18 Å². The molecule has 2 aromatic heterocycles. The van der Waals surface area contributed by atoms with Gasteiger partial charge in [-0.1, -0.05) is 0 Å². The fraction of sp³-hybridized carbons (Fsp3) is 0.550. The highest BCUT2D eigenvalue weighted by Gasteiger charge is 2.50. The number of pyridine rings is 1. The highest BCUT2D eigenvalue weighted by molar-refractivity contribution is 7.91. The molecule has 4 rings (SSSR count). The fourth-order valence-corrected chi connectivity index (χ4v) is 5.70. The SMILES string of the molecule is C[C@H]1COCCN1c1nc(-c2cnc(N)cc2C(F)(F)F)cc(C2(S(C)(=O)=O)CCC2)n1. The quantitative estimate of drug-likeness (QED) is 0.725. The lowest BCUT2D eigenvalue weighted by Crippen LogP contribution is -2.46. The van der Waals surface area contributed by atoms with E-state index in [2.05, 4.69) is 15.0 Å². The van der Waals surface area contributed by atoms with E-state index in [9.17, 15) is 21.6 Å². The van der Waals surface area contributed by atoms with Gasteiger partial charge in [0.25, 0.3) is 0 Å². The summed E-state index contributed by atoms with van der Waals surface area (Å²) in [6.07, 6.45) is -1.15. The summed E-state index contributed by atoms with van der Waals surface area (Å²) in [7, 11) is -3.58. The van der Waals surface area contributed by atoms with Crippen LogP contribution in [0.1, 0.15) is 37.4 Å². The van der Waals surface area contributed by atoms with Crippen molar-refractivity contribution in [1.82, 2.24) is 15.0 Å². The van der Waals surface area contributed by atoms with E-state index in [0.29, 0.717) is 39.0 Å². The summed E-state index contributed by atoms with van der Waals surface area (Å²) < 4.78 is 71.0. The van der Waals surface area contributed by atoms with Gasteiger partial charge in [-0.2, -0.15) is 13.2 Å². The van der Waals surface area contributed by atoms with Crippen molar-refractivity contribution in [1.29, 1.82) is 0 Å². The monoisotopic (exact) mass is 471 g/mol. The first-order valence-corrected chi connectivity index (χ1v) is 12.1. The average Bonchev–Trinajstić information content (AvgIpc) is 2.65. The minimum atomic E-state index is -4.70. The summed E-state index contributed by atoms with van der Waals surface area (Å²) in [6, 6.07) is 1.97. The number of alkyl halides is 3. The van der Waals surface area contributed by atoms with Crippen molar-refractivity contribution in [3.63, 3.8) is 0 Å². The number of nitrogen functional groups attached to an aromatic ring is 1. The predicted molar refractivity (Wildman–Crippen MR) is 113 cm³/mol. The first-order valence-electron chi connectivity index (χ1n) is 10.2. The number of rotatable bonds is 4. The molecule has 0 unspecified atom stereocenters. The summed E-state index contributed by atoms with van der Waals surface area (Å²) >= 11 is 0. The van der Waals surface area contributed by atoms with Gasteiger partial charge in [-0.3, -0.25) is 0 Å². The minimum absolute atomic E-state index is 0.0431. The van der Waals surface area contributed by atoms with Crippen LogP contribution in [0.3, 0.4) is 0 Å². The zero-order valence-electron chi connectivity index (χ0n) is 17.7. The lowest BCUT2D eigenvalue weighted by molar-refractivity contribution is -0.137. The number of sulfone groups is 1. The van der Waals surface area contributed by atoms with Gasteiger partial charge in [0, 0.05) is 24.6 Å². The molecular formula is C20H24F3N5O3S. The molecule has 1 saturated carbocycles. The zero-order chi connectivity index (χ0) is 23.3. The Labute approximate surface area is 183 Å². The topological polar surface area (TPSA) is 111 Å². The van der Waals surface area contributed by atoms with Gasteiger partial charge in [0.1, 0.15) is 10.6 Å². The Bertz CT molecular complexity index is 1140. The largest absolute Gasteiger partial charge is 0.417 e. The fourth-order valence-electron chi connectivity index (χ4n) is 4.18. The maximum absolute atomic E-state index is 13.8. The molecule has 0 amide bonds. The Morgan fingerprint density at radius 3 is 2.53 bits per heavy atom. The van der Waals surface area contributed by atoms with Crippen LogP contribution < -0.4 is 10.6 Å². The van der Waals surface area contributed by atoms with E-state index in [0.717, 1.165) is 18.5 Å². The minimum Gasteiger partial charge on any atom is -0.384 e. The third kappa shape index (κ3) is 3.90. The average molecular weight is 472 g/mol. The third-order valence-electron chi connectivity index (χ3n) is 6.18. The van der Waals surface area contributed by atoms with Crippen LogP contribution in [-0.2, 0) is 25.5 Å². The highest BCUT2D eigenvalue weighted by atomic mass is 32.2. The Morgan fingerprint density at radius 1 is 1.25 bits per heavy atom. The van der Waals surface area contributed by atoms with Gasteiger partial charge in [-0.15, -0.1) is 0 Å². The third-order valence-corrected chi connectivity index (χ3v) is 8.22. The van der Waals surface area contributed by atoms with Crippen molar-refractivity contribution >= 4 is 21.6 Å². The predicted octanol–water partition coefficient (Wildman–Crippen LogP) is 2.79. The summed E-state index contributed by atoms with van der Waals surface area (Å²) in [5, 5.41) is 0. The molecule has 12 heteroatoms. The van der Waals surface area contributed by atoms with E-state index in [1.165, 1.54) is 6.07 Å². The number of hydrogen-bond donors (Lipinski definition) is 1. The van der Waals surface area contributed by atoms with Crippen molar-refractivity contribution in [2.75, 3.05) is 36.6 Å². The molecule has 8 nitrogen and oxygen atoms in total. The summed E-state index contributed by atoms with van der Waals surface area (Å²) in [6.45, 7) is 3.12. The smallest absolute Gasteiger partial charge is 0.384 e. The lowest BCUT2D eigenvalue weighted by Gasteiger charge is -2.40. The molecule has 1 saturated heterocycles. The standard InChI is InChI=1S/C20H24F3N5O3S/c1-12-11-31-7-6-28(12)18-26-15(13-10-25-17(24)8-14(13)20(21,22)23)9-16(27-18)19(4-3-5-19)32(2,29)30/h8-10,12H,3-7,11H2,1-2H3,(H2,24,25)/t12-/m0/s1. The molecule has 0 bridgehead atoms. The summed E-state index contributed by atoms with van der Waals surface area (Å²) in [5.41, 5.74) is 4.40. The molecule has 174 valence electrons. The molecule has 1 aliphatic heterocycles. The van der Waals surface area contributed by atoms with Gasteiger partial charge in [-0.05, 0) is 38.3 Å². The van der Waals surface area contributed by atoms with E-state index in [4.69, 9.17) is 10.5 Å². The number of halogens is 3. The molecule has 1 aliphatic carbocycles. The van der Waals surface area contributed by atoms with Crippen LogP contribution in [0.4, 0.5) is 24.9 Å². The second-order valence-corrected chi connectivity index (χ2v) is 10.7. The Hall–Kier alpha value is -2.47. The van der Waals surface area contributed by atoms with Gasteiger partial charge in [0.05, 0.1) is 36.2 Å². The molecule has 2 N–H and O–H groups in total. The van der Waals surface area contributed by atoms with Gasteiger partial charge < -0.3 is 15.4 Å². The Balaban J connectivity index is 1.95. The van der Waals surface area contributed by atoms with Crippen LogP contribution in [0.5, 0.6) is 0 Å². The van der Waals surface area contributed by atoms with Crippen LogP contribution in [-0.4, -0.2) is 55.4 Å². The molecule has 2 aliphatic rings. The van der Waals surface area contributed by atoms with Crippen molar-refractivity contribution in [3.05, 3.63) is 29.6 Å². The van der Waals surface area contributed by atoms with E-state index >= 15 is 0 Å². The molecule has 0 spiro atoms. The maximum Gasteiger partial charge on any atom is 0.417 e. The second-order valence-electron chi connectivity index (χ2n) is 8.33. The zero-order valence-corrected chi connectivity index (χ0v) is 18.5. The van der Waals surface area contributed by atoms with E-state index in [1.54, 1.807) is 0 Å². The summed E-state index contributed by atoms with van der Waals surface area (Å²) in [4.78, 5) is 14.6.